The van der Waals surface area contributed by atoms with E-state index in [4.69, 9.17) is 11.6 Å². The molecule has 0 unspecified atom stereocenters. The first-order valence-corrected chi connectivity index (χ1v) is 9.20. The highest BCUT2D eigenvalue weighted by Gasteiger charge is 2.18. The first kappa shape index (κ1) is 17.5. The van der Waals surface area contributed by atoms with Crippen molar-refractivity contribution in [1.29, 1.82) is 0 Å². The van der Waals surface area contributed by atoms with Crippen molar-refractivity contribution in [3.63, 3.8) is 0 Å². The molecule has 130 valence electrons. The third-order valence-corrected chi connectivity index (χ3v) is 5.11. The molecule has 1 fully saturated rings. The molecule has 3 rings (SSSR count). The molecule has 2 heterocycles. The van der Waals surface area contributed by atoms with Crippen LogP contribution in [0.15, 0.2) is 36.7 Å². The number of nitrogens with zero attached hydrogens (tertiary/aromatic N) is 4. The molecule has 0 aliphatic carbocycles. The maximum absolute atomic E-state index is 6.27. The van der Waals surface area contributed by atoms with Gasteiger partial charge in [-0.15, -0.1) is 0 Å². The number of rotatable bonds is 6. The molecule has 4 nitrogen and oxygen atoms in total. The number of benzene rings is 1. The summed E-state index contributed by atoms with van der Waals surface area (Å²) in [6.45, 7) is 11.9. The van der Waals surface area contributed by atoms with E-state index in [2.05, 4.69) is 51.5 Å². The first-order chi connectivity index (χ1) is 11.6. The van der Waals surface area contributed by atoms with Crippen molar-refractivity contribution < 1.29 is 0 Å². The molecule has 0 N–H and O–H groups in total. The summed E-state index contributed by atoms with van der Waals surface area (Å²) < 4.78 is 2.29. The topological polar surface area (TPSA) is 24.3 Å². The fraction of sp³-hybridized carbons (Fsp3) is 0.526. The second kappa shape index (κ2) is 8.15. The minimum Gasteiger partial charge on any atom is -0.333 e. The van der Waals surface area contributed by atoms with Gasteiger partial charge >= 0.3 is 0 Å². The van der Waals surface area contributed by atoms with E-state index in [9.17, 15) is 0 Å². The summed E-state index contributed by atoms with van der Waals surface area (Å²) in [7, 11) is 0. The Kier molecular flexibility index (Phi) is 5.93. The largest absolute Gasteiger partial charge is 0.333 e. The lowest BCUT2D eigenvalue weighted by Gasteiger charge is -2.35. The molecule has 2 aromatic rings. The highest BCUT2D eigenvalue weighted by atomic mass is 35.5. The predicted octanol–water partition coefficient (Wildman–Crippen LogP) is 3.48. The van der Waals surface area contributed by atoms with Gasteiger partial charge in [0.15, 0.2) is 0 Å². The second-order valence-electron chi connectivity index (χ2n) is 6.84. The van der Waals surface area contributed by atoms with E-state index in [0.717, 1.165) is 50.8 Å². The Morgan fingerprint density at radius 2 is 1.75 bits per heavy atom. The summed E-state index contributed by atoms with van der Waals surface area (Å²) in [6, 6.07) is 8.16. The van der Waals surface area contributed by atoms with E-state index in [0.29, 0.717) is 5.92 Å². The minimum absolute atomic E-state index is 0.479. The fourth-order valence-electron chi connectivity index (χ4n) is 3.30. The van der Waals surface area contributed by atoms with Gasteiger partial charge in [-0.2, -0.15) is 0 Å². The van der Waals surface area contributed by atoms with Crippen molar-refractivity contribution in [1.82, 2.24) is 19.4 Å². The molecule has 0 radical (unpaired) electrons. The highest BCUT2D eigenvalue weighted by Crippen LogP contribution is 2.18. The standard InChI is InChI=1S/C19H27ClN4/c1-16(2)19-21-7-8-24(19)14-13-22-9-11-23(12-10-22)15-17-5-3-4-6-18(17)20/h3-8,16H,9-15H2,1-2H3. The first-order valence-electron chi connectivity index (χ1n) is 8.82. The van der Waals surface area contributed by atoms with Crippen molar-refractivity contribution in [2.45, 2.75) is 32.9 Å². The number of hydrogen-bond donors (Lipinski definition) is 0. The Morgan fingerprint density at radius 1 is 1.04 bits per heavy atom. The summed E-state index contributed by atoms with van der Waals surface area (Å²) in [5.74, 6) is 1.67. The smallest absolute Gasteiger partial charge is 0.111 e. The van der Waals surface area contributed by atoms with Crippen LogP contribution in [0.2, 0.25) is 5.02 Å². The normalized spacial score (nSPS) is 16.8. The monoisotopic (exact) mass is 346 g/mol. The summed E-state index contributed by atoms with van der Waals surface area (Å²) in [6.07, 6.45) is 4.01. The average Bonchev–Trinajstić information content (AvgIpc) is 3.05. The van der Waals surface area contributed by atoms with Crippen LogP contribution >= 0.6 is 11.6 Å². The maximum atomic E-state index is 6.27. The highest BCUT2D eigenvalue weighted by molar-refractivity contribution is 6.31. The van der Waals surface area contributed by atoms with Crippen LogP contribution in [0.5, 0.6) is 0 Å². The van der Waals surface area contributed by atoms with Gasteiger partial charge in [-0.3, -0.25) is 9.80 Å². The Labute approximate surface area is 150 Å². The molecule has 1 aliphatic heterocycles. The quantitative estimate of drug-likeness (QED) is 0.800. The second-order valence-corrected chi connectivity index (χ2v) is 7.25. The van der Waals surface area contributed by atoms with Crippen molar-refractivity contribution >= 4 is 11.6 Å². The van der Waals surface area contributed by atoms with Crippen LogP contribution in [-0.4, -0.2) is 52.1 Å². The van der Waals surface area contributed by atoms with Gasteiger partial charge in [0, 0.05) is 69.1 Å². The molecule has 1 aromatic heterocycles. The fourth-order valence-corrected chi connectivity index (χ4v) is 3.49. The Morgan fingerprint density at radius 3 is 2.46 bits per heavy atom. The lowest BCUT2D eigenvalue weighted by Crippen LogP contribution is -2.46. The third kappa shape index (κ3) is 4.38. The summed E-state index contributed by atoms with van der Waals surface area (Å²) in [4.78, 5) is 9.51. The zero-order chi connectivity index (χ0) is 16.9. The van der Waals surface area contributed by atoms with Gasteiger partial charge in [-0.05, 0) is 11.6 Å². The summed E-state index contributed by atoms with van der Waals surface area (Å²) >= 11 is 6.27. The van der Waals surface area contributed by atoms with E-state index in [1.54, 1.807) is 0 Å². The number of halogens is 1. The van der Waals surface area contributed by atoms with E-state index in [-0.39, 0.29) is 0 Å². The van der Waals surface area contributed by atoms with Crippen LogP contribution in [0.3, 0.4) is 0 Å². The van der Waals surface area contributed by atoms with Crippen LogP contribution in [0, 0.1) is 0 Å². The van der Waals surface area contributed by atoms with Crippen molar-refractivity contribution in [3.05, 3.63) is 53.1 Å². The summed E-state index contributed by atoms with van der Waals surface area (Å²) in [5, 5.41) is 0.876. The Hall–Kier alpha value is -1.36. The van der Waals surface area contributed by atoms with Gasteiger partial charge in [-0.25, -0.2) is 4.98 Å². The lowest BCUT2D eigenvalue weighted by molar-refractivity contribution is 0.124. The van der Waals surface area contributed by atoms with Crippen molar-refractivity contribution in [3.8, 4) is 0 Å². The Bertz CT molecular complexity index is 644. The van der Waals surface area contributed by atoms with Crippen LogP contribution in [0.25, 0.3) is 0 Å². The van der Waals surface area contributed by atoms with Gasteiger partial charge in [0.25, 0.3) is 0 Å². The lowest BCUT2D eigenvalue weighted by atomic mass is 10.2. The zero-order valence-corrected chi connectivity index (χ0v) is 15.4. The molecular formula is C19H27ClN4. The van der Waals surface area contributed by atoms with Gasteiger partial charge in [-0.1, -0.05) is 43.6 Å². The molecule has 0 amide bonds. The van der Waals surface area contributed by atoms with E-state index in [1.165, 1.54) is 11.4 Å². The molecular weight excluding hydrogens is 320 g/mol. The van der Waals surface area contributed by atoms with Gasteiger partial charge in [0.2, 0.25) is 0 Å². The van der Waals surface area contributed by atoms with Gasteiger partial charge < -0.3 is 4.57 Å². The molecule has 5 heteroatoms. The van der Waals surface area contributed by atoms with Gasteiger partial charge in [0.1, 0.15) is 5.82 Å². The van der Waals surface area contributed by atoms with Gasteiger partial charge in [0.05, 0.1) is 0 Å². The maximum Gasteiger partial charge on any atom is 0.111 e. The van der Waals surface area contributed by atoms with E-state index in [1.807, 2.05) is 18.3 Å². The molecule has 1 aliphatic rings. The predicted molar refractivity (Wildman–Crippen MR) is 99.5 cm³/mol. The molecule has 0 atom stereocenters. The SMILES string of the molecule is CC(C)c1nccn1CCN1CCN(Cc2ccccc2Cl)CC1. The third-order valence-electron chi connectivity index (χ3n) is 4.74. The summed E-state index contributed by atoms with van der Waals surface area (Å²) in [5.41, 5.74) is 1.23. The van der Waals surface area contributed by atoms with Crippen molar-refractivity contribution in [2.24, 2.45) is 0 Å². The number of piperazine rings is 1. The average molecular weight is 347 g/mol. The number of imidazole rings is 1. The van der Waals surface area contributed by atoms with E-state index >= 15 is 0 Å². The minimum atomic E-state index is 0.479. The van der Waals surface area contributed by atoms with E-state index < -0.39 is 0 Å². The van der Waals surface area contributed by atoms with Crippen LogP contribution in [0.1, 0.15) is 31.2 Å². The molecule has 0 saturated carbocycles. The zero-order valence-electron chi connectivity index (χ0n) is 14.7. The van der Waals surface area contributed by atoms with Crippen LogP contribution < -0.4 is 0 Å². The number of aromatic nitrogens is 2. The molecule has 0 spiro atoms. The molecule has 1 saturated heterocycles. The molecule has 0 bridgehead atoms. The Balaban J connectivity index is 1.45. The molecule has 24 heavy (non-hydrogen) atoms. The van der Waals surface area contributed by atoms with Crippen molar-refractivity contribution in [2.75, 3.05) is 32.7 Å². The number of hydrogen-bond acceptors (Lipinski definition) is 3. The molecule has 1 aromatic carbocycles. The van der Waals surface area contributed by atoms with Crippen LogP contribution in [-0.2, 0) is 13.1 Å². The van der Waals surface area contributed by atoms with Crippen LogP contribution in [0.4, 0.5) is 0 Å².